The molecule has 0 heterocycles. The topological polar surface area (TPSA) is 71.9 Å². The Bertz CT molecular complexity index is 1050. The van der Waals surface area contributed by atoms with Gasteiger partial charge in [-0.3, -0.25) is 9.59 Å². The summed E-state index contributed by atoms with van der Waals surface area (Å²) in [5.41, 5.74) is 2.32. The van der Waals surface area contributed by atoms with E-state index in [9.17, 15) is 9.59 Å². The molecule has 0 aliphatic heterocycles. The third-order valence-electron chi connectivity index (χ3n) is 4.83. The Labute approximate surface area is 176 Å². The molecule has 0 aliphatic carbocycles. The van der Waals surface area contributed by atoms with Crippen molar-refractivity contribution in [3.05, 3.63) is 71.8 Å². The second kappa shape index (κ2) is 9.89. The molecular formula is C24H28N3O3+. The molecule has 0 fully saturated rings. The number of hydrogen-bond acceptors (Lipinski definition) is 3. The van der Waals surface area contributed by atoms with Crippen LogP contribution in [0.1, 0.15) is 22.8 Å². The zero-order valence-corrected chi connectivity index (χ0v) is 17.6. The first-order chi connectivity index (χ1) is 14.5. The van der Waals surface area contributed by atoms with Crippen LogP contribution in [0.3, 0.4) is 0 Å². The number of hydrogen-bond donors (Lipinski definition) is 3. The summed E-state index contributed by atoms with van der Waals surface area (Å²) in [7, 11) is 3.65. The molecule has 0 bridgehead atoms. The molecule has 3 N–H and O–H groups in total. The van der Waals surface area contributed by atoms with Gasteiger partial charge in [-0.05, 0) is 54.1 Å². The highest BCUT2D eigenvalue weighted by Crippen LogP contribution is 2.21. The van der Waals surface area contributed by atoms with Crippen molar-refractivity contribution >= 4 is 28.3 Å². The molecule has 0 aromatic heterocycles. The number of ether oxygens (including phenoxy) is 1. The van der Waals surface area contributed by atoms with Crippen LogP contribution in [0.25, 0.3) is 10.8 Å². The lowest BCUT2D eigenvalue weighted by atomic mass is 10.1. The van der Waals surface area contributed by atoms with Gasteiger partial charge < -0.3 is 20.3 Å². The van der Waals surface area contributed by atoms with Gasteiger partial charge in [-0.15, -0.1) is 0 Å². The van der Waals surface area contributed by atoms with E-state index in [1.165, 1.54) is 0 Å². The SMILES string of the molecule is CCNC(=O)c1cccc(NC(=O)C[NH+](C)Cc2ccc3cc(OC)ccc3c2)c1. The molecule has 0 aliphatic rings. The molecule has 3 rings (SSSR count). The molecule has 1 atom stereocenters. The Hall–Kier alpha value is -3.38. The van der Waals surface area contributed by atoms with Crippen LogP contribution in [0.4, 0.5) is 5.69 Å². The van der Waals surface area contributed by atoms with Crippen LogP contribution in [0.5, 0.6) is 5.75 Å². The third kappa shape index (κ3) is 5.58. The molecule has 0 spiro atoms. The maximum atomic E-state index is 12.5. The van der Waals surface area contributed by atoms with Gasteiger partial charge in [0.25, 0.3) is 11.8 Å². The lowest BCUT2D eigenvalue weighted by Crippen LogP contribution is -3.08. The van der Waals surface area contributed by atoms with Crippen LogP contribution >= 0.6 is 0 Å². The number of rotatable bonds is 8. The molecule has 0 radical (unpaired) electrons. The molecule has 156 valence electrons. The zero-order valence-electron chi connectivity index (χ0n) is 17.6. The number of carbonyl (C=O) groups is 2. The van der Waals surface area contributed by atoms with Crippen LogP contribution < -0.4 is 20.3 Å². The van der Waals surface area contributed by atoms with Gasteiger partial charge in [-0.2, -0.15) is 0 Å². The molecule has 3 aromatic carbocycles. The Morgan fingerprint density at radius 1 is 1.00 bits per heavy atom. The molecule has 6 heteroatoms. The summed E-state index contributed by atoms with van der Waals surface area (Å²) in [6.45, 7) is 3.49. The average Bonchev–Trinajstić information content (AvgIpc) is 2.73. The van der Waals surface area contributed by atoms with E-state index in [1.54, 1.807) is 31.4 Å². The van der Waals surface area contributed by atoms with Crippen molar-refractivity contribution in [3.8, 4) is 5.75 Å². The van der Waals surface area contributed by atoms with E-state index in [1.807, 2.05) is 32.2 Å². The predicted octanol–water partition coefficient (Wildman–Crippen LogP) is 2.25. The van der Waals surface area contributed by atoms with Gasteiger partial charge in [0.05, 0.1) is 14.2 Å². The number of fused-ring (bicyclic) bond motifs is 1. The lowest BCUT2D eigenvalue weighted by molar-refractivity contribution is -0.885. The van der Waals surface area contributed by atoms with E-state index in [4.69, 9.17) is 4.74 Å². The number of likely N-dealkylation sites (N-methyl/N-ethyl adjacent to an activating group) is 1. The first kappa shape index (κ1) is 21.3. The summed E-state index contributed by atoms with van der Waals surface area (Å²) in [5.74, 6) is 0.599. The number of anilines is 1. The summed E-state index contributed by atoms with van der Waals surface area (Å²) in [4.78, 5) is 25.5. The van der Waals surface area contributed by atoms with Crippen molar-refractivity contribution in [1.82, 2.24) is 5.32 Å². The second-order valence-electron chi connectivity index (χ2n) is 7.35. The van der Waals surface area contributed by atoms with Crippen molar-refractivity contribution in [1.29, 1.82) is 0 Å². The maximum absolute atomic E-state index is 12.5. The lowest BCUT2D eigenvalue weighted by Gasteiger charge is -2.15. The van der Waals surface area contributed by atoms with Gasteiger partial charge in [0.1, 0.15) is 12.3 Å². The largest absolute Gasteiger partial charge is 0.497 e. The molecule has 0 saturated carbocycles. The van der Waals surface area contributed by atoms with Crippen molar-refractivity contribution < 1.29 is 19.2 Å². The quantitative estimate of drug-likeness (QED) is 0.537. The first-order valence-corrected chi connectivity index (χ1v) is 10.0. The van der Waals surface area contributed by atoms with Crippen LogP contribution in [0, 0.1) is 0 Å². The van der Waals surface area contributed by atoms with Crippen molar-refractivity contribution in [2.24, 2.45) is 0 Å². The number of quaternary nitrogens is 1. The molecule has 2 amide bonds. The summed E-state index contributed by atoms with van der Waals surface area (Å²) >= 11 is 0. The summed E-state index contributed by atoms with van der Waals surface area (Å²) < 4.78 is 5.27. The number of nitrogens with one attached hydrogen (secondary N) is 3. The molecule has 30 heavy (non-hydrogen) atoms. The summed E-state index contributed by atoms with van der Waals surface area (Å²) in [6, 6.07) is 19.3. The fraction of sp³-hybridized carbons (Fsp3) is 0.250. The highest BCUT2D eigenvalue weighted by Gasteiger charge is 2.12. The monoisotopic (exact) mass is 406 g/mol. The second-order valence-corrected chi connectivity index (χ2v) is 7.35. The predicted molar refractivity (Wildman–Crippen MR) is 119 cm³/mol. The van der Waals surface area contributed by atoms with Crippen LogP contribution in [0.15, 0.2) is 60.7 Å². The fourth-order valence-corrected chi connectivity index (χ4v) is 3.40. The Morgan fingerprint density at radius 2 is 1.77 bits per heavy atom. The Kier molecular flexibility index (Phi) is 7.03. The average molecular weight is 407 g/mol. The fourth-order valence-electron chi connectivity index (χ4n) is 3.40. The van der Waals surface area contributed by atoms with Gasteiger partial charge in [0.2, 0.25) is 0 Å². The highest BCUT2D eigenvalue weighted by molar-refractivity contribution is 5.97. The van der Waals surface area contributed by atoms with Crippen molar-refractivity contribution in [3.63, 3.8) is 0 Å². The zero-order chi connectivity index (χ0) is 21.5. The van der Waals surface area contributed by atoms with Crippen LogP contribution in [0.2, 0.25) is 0 Å². The third-order valence-corrected chi connectivity index (χ3v) is 4.83. The minimum atomic E-state index is -0.148. The van der Waals surface area contributed by atoms with Crippen molar-refractivity contribution in [2.75, 3.05) is 32.6 Å². The standard InChI is InChI=1S/C24H27N3O3/c1-4-25-24(29)20-6-5-7-21(13-20)26-23(28)16-27(2)15-17-8-9-19-14-22(30-3)11-10-18(19)12-17/h5-14H,4,15-16H2,1-3H3,(H,25,29)(H,26,28)/p+1. The Morgan fingerprint density at radius 3 is 2.53 bits per heavy atom. The summed E-state index contributed by atoms with van der Waals surface area (Å²) in [5, 5.41) is 7.91. The minimum absolute atomic E-state index is 0.0916. The van der Waals surface area contributed by atoms with Gasteiger partial charge in [-0.25, -0.2) is 0 Å². The van der Waals surface area contributed by atoms with E-state index in [0.717, 1.165) is 33.5 Å². The molecule has 3 aromatic rings. The molecule has 0 saturated heterocycles. The number of carbonyl (C=O) groups excluding carboxylic acids is 2. The normalized spacial score (nSPS) is 11.7. The van der Waals surface area contributed by atoms with Gasteiger partial charge >= 0.3 is 0 Å². The van der Waals surface area contributed by atoms with E-state index < -0.39 is 0 Å². The van der Waals surface area contributed by atoms with E-state index >= 15 is 0 Å². The van der Waals surface area contributed by atoms with Gasteiger partial charge in [0, 0.05) is 23.4 Å². The minimum Gasteiger partial charge on any atom is -0.497 e. The molecule has 6 nitrogen and oxygen atoms in total. The van der Waals surface area contributed by atoms with E-state index in [2.05, 4.69) is 28.8 Å². The van der Waals surface area contributed by atoms with Gasteiger partial charge in [0.15, 0.2) is 6.54 Å². The number of amides is 2. The smallest absolute Gasteiger partial charge is 0.279 e. The maximum Gasteiger partial charge on any atom is 0.279 e. The van der Waals surface area contributed by atoms with Gasteiger partial charge in [-0.1, -0.05) is 24.3 Å². The molecule has 1 unspecified atom stereocenters. The van der Waals surface area contributed by atoms with E-state index in [0.29, 0.717) is 24.3 Å². The summed E-state index contributed by atoms with van der Waals surface area (Å²) in [6.07, 6.45) is 0. The highest BCUT2D eigenvalue weighted by atomic mass is 16.5. The Balaban J connectivity index is 1.59. The molecular weight excluding hydrogens is 378 g/mol. The van der Waals surface area contributed by atoms with E-state index in [-0.39, 0.29) is 11.8 Å². The van der Waals surface area contributed by atoms with Crippen LogP contribution in [-0.2, 0) is 11.3 Å². The van der Waals surface area contributed by atoms with Crippen LogP contribution in [-0.4, -0.2) is 39.1 Å². The first-order valence-electron chi connectivity index (χ1n) is 10.0. The number of benzene rings is 3. The number of methoxy groups -OCH3 is 1. The van der Waals surface area contributed by atoms with Crippen molar-refractivity contribution in [2.45, 2.75) is 13.5 Å².